The second-order valence-corrected chi connectivity index (χ2v) is 6.39. The number of amides is 1. The van der Waals surface area contributed by atoms with Gasteiger partial charge in [-0.1, -0.05) is 30.4 Å². The number of hydrogen-bond acceptors (Lipinski definition) is 4. The largest absolute Gasteiger partial charge is 0.289 e. The molecule has 96 valence electrons. The lowest BCUT2D eigenvalue weighted by Gasteiger charge is -2.26. The molecule has 0 aromatic heterocycles. The van der Waals surface area contributed by atoms with Crippen molar-refractivity contribution in [3.8, 4) is 0 Å². The molecular formula is C12H13NO4S. The number of hydrogen-bond donors (Lipinski definition) is 2. The van der Waals surface area contributed by atoms with Gasteiger partial charge in [-0.15, -0.1) is 0 Å². The van der Waals surface area contributed by atoms with Crippen LogP contribution in [0.1, 0.15) is 12.8 Å². The van der Waals surface area contributed by atoms with Crippen LogP contribution in [-0.4, -0.2) is 24.3 Å². The van der Waals surface area contributed by atoms with Gasteiger partial charge in [-0.25, -0.2) is 13.9 Å². The third kappa shape index (κ3) is 1.74. The topological polar surface area (TPSA) is 83.5 Å². The SMILES string of the molecule is O=C(NO)C1(S(=O)(=O)c2ccccc2)CC=CC1. The van der Waals surface area contributed by atoms with E-state index >= 15 is 0 Å². The standard InChI is InChI=1S/C12H13NO4S/c14-11(13-15)12(8-4-5-9-12)18(16,17)10-6-2-1-3-7-10/h1-7,15H,8-9H2,(H,13,14). The summed E-state index contributed by atoms with van der Waals surface area (Å²) in [6.45, 7) is 0. The van der Waals surface area contributed by atoms with Crippen LogP contribution in [0.2, 0.25) is 0 Å². The summed E-state index contributed by atoms with van der Waals surface area (Å²) in [5.74, 6) is -0.892. The minimum absolute atomic E-state index is 0.0661. The molecule has 0 heterocycles. The zero-order valence-corrected chi connectivity index (χ0v) is 10.4. The van der Waals surface area contributed by atoms with E-state index in [1.165, 1.54) is 17.6 Å². The van der Waals surface area contributed by atoms with E-state index in [4.69, 9.17) is 5.21 Å². The Morgan fingerprint density at radius 3 is 2.22 bits per heavy atom. The van der Waals surface area contributed by atoms with E-state index in [-0.39, 0.29) is 17.7 Å². The highest BCUT2D eigenvalue weighted by atomic mass is 32.2. The van der Waals surface area contributed by atoms with E-state index in [0.717, 1.165) is 0 Å². The molecular weight excluding hydrogens is 254 g/mol. The van der Waals surface area contributed by atoms with Crippen LogP contribution in [0.15, 0.2) is 47.4 Å². The Kier molecular flexibility index (Phi) is 3.23. The van der Waals surface area contributed by atoms with Crippen molar-refractivity contribution >= 4 is 15.7 Å². The number of carbonyl (C=O) groups excluding carboxylic acids is 1. The zero-order valence-electron chi connectivity index (χ0n) is 9.54. The maximum atomic E-state index is 12.5. The summed E-state index contributed by atoms with van der Waals surface area (Å²) >= 11 is 0. The van der Waals surface area contributed by atoms with E-state index < -0.39 is 20.5 Å². The van der Waals surface area contributed by atoms with Crippen LogP contribution in [0.25, 0.3) is 0 Å². The second-order valence-electron chi connectivity index (χ2n) is 4.13. The first-order chi connectivity index (χ1) is 8.54. The molecule has 0 fully saturated rings. The molecule has 1 amide bonds. The predicted molar refractivity (Wildman–Crippen MR) is 64.7 cm³/mol. The monoisotopic (exact) mass is 267 g/mol. The number of benzene rings is 1. The molecule has 0 unspecified atom stereocenters. The molecule has 0 spiro atoms. The van der Waals surface area contributed by atoms with Crippen LogP contribution < -0.4 is 5.48 Å². The number of rotatable bonds is 3. The van der Waals surface area contributed by atoms with Crippen molar-refractivity contribution in [3.05, 3.63) is 42.5 Å². The van der Waals surface area contributed by atoms with E-state index in [2.05, 4.69) is 0 Å². The number of nitrogens with one attached hydrogen (secondary N) is 1. The maximum Gasteiger partial charge on any atom is 0.265 e. The third-order valence-electron chi connectivity index (χ3n) is 3.15. The summed E-state index contributed by atoms with van der Waals surface area (Å²) in [6.07, 6.45) is 3.40. The molecule has 6 heteroatoms. The van der Waals surface area contributed by atoms with Crippen LogP contribution in [0.5, 0.6) is 0 Å². The van der Waals surface area contributed by atoms with Gasteiger partial charge in [0.05, 0.1) is 4.90 Å². The van der Waals surface area contributed by atoms with Gasteiger partial charge in [0.15, 0.2) is 14.6 Å². The fourth-order valence-electron chi connectivity index (χ4n) is 2.08. The molecule has 5 nitrogen and oxygen atoms in total. The van der Waals surface area contributed by atoms with E-state index in [1.807, 2.05) is 0 Å². The minimum Gasteiger partial charge on any atom is -0.289 e. The van der Waals surface area contributed by atoms with Gasteiger partial charge in [-0.2, -0.15) is 0 Å². The molecule has 0 saturated carbocycles. The highest BCUT2D eigenvalue weighted by molar-refractivity contribution is 7.93. The fraction of sp³-hybridized carbons (Fsp3) is 0.250. The Morgan fingerprint density at radius 2 is 1.72 bits per heavy atom. The van der Waals surface area contributed by atoms with Crippen LogP contribution in [0, 0.1) is 0 Å². The Labute approximate surface area is 105 Å². The van der Waals surface area contributed by atoms with E-state index in [9.17, 15) is 13.2 Å². The summed E-state index contributed by atoms with van der Waals surface area (Å²) in [4.78, 5) is 11.9. The van der Waals surface area contributed by atoms with Gasteiger partial charge in [0.1, 0.15) is 0 Å². The summed E-state index contributed by atoms with van der Waals surface area (Å²) in [5.41, 5.74) is 1.47. The van der Waals surface area contributed by atoms with Crippen LogP contribution >= 0.6 is 0 Å². The fourth-order valence-corrected chi connectivity index (χ4v) is 3.97. The summed E-state index contributed by atoms with van der Waals surface area (Å²) in [7, 11) is -3.85. The molecule has 0 atom stereocenters. The first kappa shape index (κ1) is 12.8. The maximum absolute atomic E-state index is 12.5. The highest BCUT2D eigenvalue weighted by Crippen LogP contribution is 2.36. The molecule has 1 aliphatic rings. The predicted octanol–water partition coefficient (Wildman–Crippen LogP) is 1.05. The molecule has 2 N–H and O–H groups in total. The summed E-state index contributed by atoms with van der Waals surface area (Å²) in [6, 6.07) is 7.78. The first-order valence-electron chi connectivity index (χ1n) is 5.44. The van der Waals surface area contributed by atoms with Gasteiger partial charge in [0, 0.05) is 0 Å². The Balaban J connectivity index is 2.54. The average molecular weight is 267 g/mol. The van der Waals surface area contributed by atoms with Crippen molar-refractivity contribution in [1.82, 2.24) is 5.48 Å². The quantitative estimate of drug-likeness (QED) is 0.487. The van der Waals surface area contributed by atoms with Gasteiger partial charge in [-0.05, 0) is 25.0 Å². The van der Waals surface area contributed by atoms with E-state index in [1.54, 1.807) is 30.4 Å². The number of carbonyl (C=O) groups is 1. The first-order valence-corrected chi connectivity index (χ1v) is 6.92. The lowest BCUT2D eigenvalue weighted by Crippen LogP contribution is -2.50. The van der Waals surface area contributed by atoms with Gasteiger partial charge in [0.25, 0.3) is 5.91 Å². The Morgan fingerprint density at radius 1 is 1.17 bits per heavy atom. The minimum atomic E-state index is -3.85. The van der Waals surface area contributed by atoms with Gasteiger partial charge < -0.3 is 0 Å². The Bertz CT molecular complexity index is 569. The van der Waals surface area contributed by atoms with Gasteiger partial charge in [0.2, 0.25) is 0 Å². The molecule has 1 aromatic carbocycles. The van der Waals surface area contributed by atoms with Gasteiger partial charge >= 0.3 is 0 Å². The van der Waals surface area contributed by atoms with Crippen LogP contribution in [0.3, 0.4) is 0 Å². The molecule has 0 bridgehead atoms. The smallest absolute Gasteiger partial charge is 0.265 e. The second kappa shape index (κ2) is 4.55. The zero-order chi connectivity index (χ0) is 13.2. The van der Waals surface area contributed by atoms with Crippen molar-refractivity contribution in [2.75, 3.05) is 0 Å². The number of sulfone groups is 1. The molecule has 1 aromatic rings. The van der Waals surface area contributed by atoms with E-state index in [0.29, 0.717) is 0 Å². The lowest BCUT2D eigenvalue weighted by atomic mass is 10.1. The van der Waals surface area contributed by atoms with Crippen LogP contribution in [-0.2, 0) is 14.6 Å². The number of allylic oxidation sites excluding steroid dienone is 2. The van der Waals surface area contributed by atoms with Crippen LogP contribution in [0.4, 0.5) is 0 Å². The van der Waals surface area contributed by atoms with Crippen molar-refractivity contribution in [1.29, 1.82) is 0 Å². The van der Waals surface area contributed by atoms with Gasteiger partial charge in [-0.3, -0.25) is 10.0 Å². The summed E-state index contributed by atoms with van der Waals surface area (Å²) < 4.78 is 23.5. The van der Waals surface area contributed by atoms with Crippen molar-refractivity contribution < 1.29 is 18.4 Å². The molecule has 1 aliphatic carbocycles. The lowest BCUT2D eigenvalue weighted by molar-refractivity contribution is -0.131. The van der Waals surface area contributed by atoms with Crippen molar-refractivity contribution in [3.63, 3.8) is 0 Å². The summed E-state index contributed by atoms with van der Waals surface area (Å²) in [5, 5.41) is 8.78. The molecule has 18 heavy (non-hydrogen) atoms. The number of hydroxylamine groups is 1. The van der Waals surface area contributed by atoms with Crippen molar-refractivity contribution in [2.24, 2.45) is 0 Å². The van der Waals surface area contributed by atoms with Crippen molar-refractivity contribution in [2.45, 2.75) is 22.5 Å². The molecule has 0 saturated heterocycles. The Hall–Kier alpha value is -1.66. The molecule has 0 aliphatic heterocycles. The third-order valence-corrected chi connectivity index (χ3v) is 5.59. The average Bonchev–Trinajstić information content (AvgIpc) is 2.90. The normalized spacial score (nSPS) is 17.6. The molecule has 2 rings (SSSR count). The molecule has 0 radical (unpaired) electrons. The highest BCUT2D eigenvalue weighted by Gasteiger charge is 2.51.